The van der Waals surface area contributed by atoms with Gasteiger partial charge in [0.05, 0.1) is 12.1 Å². The third-order valence-corrected chi connectivity index (χ3v) is 5.05. The van der Waals surface area contributed by atoms with Crippen molar-refractivity contribution in [2.75, 3.05) is 13.6 Å². The number of nitrogens with one attached hydrogen (secondary N) is 1. The lowest BCUT2D eigenvalue weighted by Crippen LogP contribution is -2.42. The molecule has 5 heteroatoms. The molecule has 112 valence electrons. The Balaban J connectivity index is 1.86. The summed E-state index contributed by atoms with van der Waals surface area (Å²) in [4.78, 5) is 15.1. The topological polar surface area (TPSA) is 52.6 Å². The molecule has 3 atom stereocenters. The van der Waals surface area contributed by atoms with Gasteiger partial charge >= 0.3 is 6.03 Å². The second-order valence-corrected chi connectivity index (χ2v) is 6.54. The molecule has 0 saturated heterocycles. The second kappa shape index (κ2) is 7.09. The van der Waals surface area contributed by atoms with Crippen LogP contribution in [0.5, 0.6) is 0 Å². The minimum absolute atomic E-state index is 0.0515. The number of rotatable bonds is 5. The first-order chi connectivity index (χ1) is 9.61. The van der Waals surface area contributed by atoms with E-state index in [1.54, 1.807) is 16.2 Å². The predicted molar refractivity (Wildman–Crippen MR) is 81.9 cm³/mol. The molecule has 1 aromatic rings. The third-order valence-electron chi connectivity index (χ3n) is 4.07. The van der Waals surface area contributed by atoms with Crippen molar-refractivity contribution in [3.63, 3.8) is 0 Å². The summed E-state index contributed by atoms with van der Waals surface area (Å²) < 4.78 is 0. The van der Waals surface area contributed by atoms with Gasteiger partial charge in [-0.25, -0.2) is 4.79 Å². The van der Waals surface area contributed by atoms with Crippen molar-refractivity contribution in [3.05, 3.63) is 22.4 Å². The number of hydrogen-bond acceptors (Lipinski definition) is 3. The van der Waals surface area contributed by atoms with Crippen LogP contribution >= 0.6 is 11.3 Å². The molecule has 20 heavy (non-hydrogen) atoms. The first kappa shape index (κ1) is 15.3. The number of amides is 2. The number of nitrogens with zero attached hydrogens (tertiary/aromatic N) is 1. The molecule has 3 unspecified atom stereocenters. The molecule has 1 aliphatic rings. The SMILES string of the molecule is CCC(NC(=O)N(C)CC1CCCC1O)c1cccs1. The Morgan fingerprint density at radius 2 is 2.40 bits per heavy atom. The van der Waals surface area contributed by atoms with Crippen LogP contribution in [0.4, 0.5) is 4.79 Å². The minimum Gasteiger partial charge on any atom is -0.393 e. The smallest absolute Gasteiger partial charge is 0.317 e. The number of aliphatic hydroxyl groups is 1. The normalized spacial score (nSPS) is 23.6. The lowest BCUT2D eigenvalue weighted by Gasteiger charge is -2.26. The molecule has 1 aromatic heterocycles. The van der Waals surface area contributed by atoms with Crippen LogP contribution in [0.3, 0.4) is 0 Å². The van der Waals surface area contributed by atoms with Gasteiger partial charge < -0.3 is 15.3 Å². The standard InChI is InChI=1S/C15H24N2O2S/c1-3-12(14-8-5-9-20-14)16-15(19)17(2)10-11-6-4-7-13(11)18/h5,8-9,11-13,18H,3-4,6-7,10H2,1-2H3,(H,16,19). The summed E-state index contributed by atoms with van der Waals surface area (Å²) in [5.41, 5.74) is 0. The molecule has 1 saturated carbocycles. The van der Waals surface area contributed by atoms with Crippen LogP contribution in [0.2, 0.25) is 0 Å². The van der Waals surface area contributed by atoms with Gasteiger partial charge in [-0.3, -0.25) is 0 Å². The molecule has 0 aliphatic heterocycles. The zero-order chi connectivity index (χ0) is 14.5. The lowest BCUT2D eigenvalue weighted by molar-refractivity contribution is 0.113. The number of urea groups is 1. The van der Waals surface area contributed by atoms with Gasteiger partial charge in [-0.1, -0.05) is 19.4 Å². The Morgan fingerprint density at radius 3 is 2.95 bits per heavy atom. The first-order valence-electron chi connectivity index (χ1n) is 7.35. The molecule has 4 nitrogen and oxygen atoms in total. The molecule has 0 aromatic carbocycles. The maximum Gasteiger partial charge on any atom is 0.317 e. The van der Waals surface area contributed by atoms with E-state index in [1.807, 2.05) is 18.5 Å². The van der Waals surface area contributed by atoms with Crippen molar-refractivity contribution in [1.29, 1.82) is 0 Å². The monoisotopic (exact) mass is 296 g/mol. The van der Waals surface area contributed by atoms with Crippen molar-refractivity contribution in [2.45, 2.75) is 44.8 Å². The maximum atomic E-state index is 12.2. The average Bonchev–Trinajstić information content (AvgIpc) is 3.08. The van der Waals surface area contributed by atoms with Crippen LogP contribution in [0.25, 0.3) is 0 Å². The zero-order valence-corrected chi connectivity index (χ0v) is 13.0. The van der Waals surface area contributed by atoms with Gasteiger partial charge in [-0.2, -0.15) is 0 Å². The van der Waals surface area contributed by atoms with E-state index in [9.17, 15) is 9.90 Å². The Hall–Kier alpha value is -1.07. The summed E-state index contributed by atoms with van der Waals surface area (Å²) >= 11 is 1.67. The fourth-order valence-electron chi connectivity index (χ4n) is 2.79. The number of thiophene rings is 1. The van der Waals surface area contributed by atoms with Crippen molar-refractivity contribution in [3.8, 4) is 0 Å². The third kappa shape index (κ3) is 3.73. The fourth-order valence-corrected chi connectivity index (χ4v) is 3.65. The summed E-state index contributed by atoms with van der Waals surface area (Å²) in [5, 5.41) is 14.9. The summed E-state index contributed by atoms with van der Waals surface area (Å²) in [6, 6.07) is 4.09. The van der Waals surface area contributed by atoms with E-state index in [2.05, 4.69) is 18.3 Å². The molecule has 0 radical (unpaired) electrons. The number of hydrogen-bond donors (Lipinski definition) is 2. The van der Waals surface area contributed by atoms with Crippen molar-refractivity contribution < 1.29 is 9.90 Å². The summed E-state index contributed by atoms with van der Waals surface area (Å²) in [5.74, 6) is 0.229. The Labute approximate surface area is 124 Å². The average molecular weight is 296 g/mol. The zero-order valence-electron chi connectivity index (χ0n) is 12.2. The largest absolute Gasteiger partial charge is 0.393 e. The summed E-state index contributed by atoms with van der Waals surface area (Å²) in [6.45, 7) is 2.71. The highest BCUT2D eigenvalue weighted by molar-refractivity contribution is 7.10. The first-order valence-corrected chi connectivity index (χ1v) is 8.22. The number of carbonyl (C=O) groups is 1. The Bertz CT molecular complexity index is 422. The maximum absolute atomic E-state index is 12.2. The highest BCUT2D eigenvalue weighted by atomic mass is 32.1. The molecule has 2 N–H and O–H groups in total. The Morgan fingerprint density at radius 1 is 1.60 bits per heavy atom. The van der Waals surface area contributed by atoms with E-state index >= 15 is 0 Å². The second-order valence-electron chi connectivity index (χ2n) is 5.56. The van der Waals surface area contributed by atoms with Gasteiger partial charge in [0, 0.05) is 24.4 Å². The van der Waals surface area contributed by atoms with E-state index in [0.717, 1.165) is 25.7 Å². The lowest BCUT2D eigenvalue weighted by atomic mass is 10.1. The molecule has 1 aliphatic carbocycles. The van der Waals surface area contributed by atoms with Crippen molar-refractivity contribution >= 4 is 17.4 Å². The van der Waals surface area contributed by atoms with E-state index in [4.69, 9.17) is 0 Å². The molecular weight excluding hydrogens is 272 g/mol. The highest BCUT2D eigenvalue weighted by Gasteiger charge is 2.28. The van der Waals surface area contributed by atoms with Crippen molar-refractivity contribution in [1.82, 2.24) is 10.2 Å². The number of carbonyl (C=O) groups excluding carboxylic acids is 1. The van der Waals surface area contributed by atoms with E-state index in [0.29, 0.717) is 6.54 Å². The van der Waals surface area contributed by atoms with Gasteiger partial charge in [-0.15, -0.1) is 11.3 Å². The van der Waals surface area contributed by atoms with E-state index in [1.165, 1.54) is 4.88 Å². The molecule has 0 bridgehead atoms. The van der Waals surface area contributed by atoms with Crippen LogP contribution in [0.1, 0.15) is 43.5 Å². The van der Waals surface area contributed by atoms with Crippen LogP contribution < -0.4 is 5.32 Å². The van der Waals surface area contributed by atoms with Gasteiger partial charge in [-0.05, 0) is 30.7 Å². The minimum atomic E-state index is -0.246. The molecular formula is C15H24N2O2S. The highest BCUT2D eigenvalue weighted by Crippen LogP contribution is 2.26. The van der Waals surface area contributed by atoms with Crippen LogP contribution in [0, 0.1) is 5.92 Å². The summed E-state index contributed by atoms with van der Waals surface area (Å²) in [7, 11) is 1.81. The number of aliphatic hydroxyl groups excluding tert-OH is 1. The van der Waals surface area contributed by atoms with Gasteiger partial charge in [0.15, 0.2) is 0 Å². The van der Waals surface area contributed by atoms with E-state index < -0.39 is 0 Å². The fraction of sp³-hybridized carbons (Fsp3) is 0.667. The van der Waals surface area contributed by atoms with Gasteiger partial charge in [0.2, 0.25) is 0 Å². The van der Waals surface area contributed by atoms with Crippen LogP contribution in [-0.4, -0.2) is 35.7 Å². The van der Waals surface area contributed by atoms with E-state index in [-0.39, 0.29) is 24.1 Å². The molecule has 1 heterocycles. The molecule has 2 rings (SSSR count). The quantitative estimate of drug-likeness (QED) is 0.877. The van der Waals surface area contributed by atoms with Gasteiger partial charge in [0.1, 0.15) is 0 Å². The van der Waals surface area contributed by atoms with Crippen LogP contribution in [0.15, 0.2) is 17.5 Å². The molecule has 2 amide bonds. The summed E-state index contributed by atoms with van der Waals surface area (Å²) in [6.07, 6.45) is 3.58. The van der Waals surface area contributed by atoms with Crippen molar-refractivity contribution in [2.24, 2.45) is 5.92 Å². The Kier molecular flexibility index (Phi) is 5.43. The van der Waals surface area contributed by atoms with Gasteiger partial charge in [0.25, 0.3) is 0 Å². The van der Waals surface area contributed by atoms with Crippen LogP contribution in [-0.2, 0) is 0 Å². The predicted octanol–water partition coefficient (Wildman–Crippen LogP) is 3.00. The molecule has 1 fully saturated rings. The molecule has 0 spiro atoms.